The lowest BCUT2D eigenvalue weighted by Crippen LogP contribution is -2.40. The number of thiazole rings is 1. The van der Waals surface area contributed by atoms with Crippen molar-refractivity contribution in [3.05, 3.63) is 35.3 Å². The van der Waals surface area contributed by atoms with E-state index in [1.54, 1.807) is 12.3 Å². The Morgan fingerprint density at radius 3 is 2.60 bits per heavy atom. The van der Waals surface area contributed by atoms with Crippen molar-refractivity contribution in [1.82, 2.24) is 15.4 Å². The molecule has 4 amide bonds. The number of amides is 4. The number of benzene rings is 1. The third kappa shape index (κ3) is 6.54. The van der Waals surface area contributed by atoms with Gasteiger partial charge in [0.2, 0.25) is 5.91 Å². The van der Waals surface area contributed by atoms with Gasteiger partial charge in [0.15, 0.2) is 16.8 Å². The van der Waals surface area contributed by atoms with Gasteiger partial charge in [0.25, 0.3) is 0 Å². The van der Waals surface area contributed by atoms with Crippen LogP contribution in [-0.2, 0) is 14.4 Å². The molecule has 1 atom stereocenters. The summed E-state index contributed by atoms with van der Waals surface area (Å²) in [7, 11) is 1.31. The lowest BCUT2D eigenvalue weighted by molar-refractivity contribution is -0.119. The highest BCUT2D eigenvalue weighted by Gasteiger charge is 2.33. The van der Waals surface area contributed by atoms with E-state index in [4.69, 9.17) is 9.57 Å². The van der Waals surface area contributed by atoms with Crippen LogP contribution in [0, 0.1) is 11.6 Å². The van der Waals surface area contributed by atoms with E-state index < -0.39 is 29.9 Å². The third-order valence-electron chi connectivity index (χ3n) is 5.13. The zero-order valence-corrected chi connectivity index (χ0v) is 20.2. The van der Waals surface area contributed by atoms with E-state index in [1.807, 2.05) is 0 Å². The predicted molar refractivity (Wildman–Crippen MR) is 125 cm³/mol. The van der Waals surface area contributed by atoms with Crippen LogP contribution in [0.1, 0.15) is 13.8 Å². The molecule has 1 aliphatic heterocycles. The second-order valence-corrected chi connectivity index (χ2v) is 8.34. The molecule has 2 N–H and O–H groups in total. The van der Waals surface area contributed by atoms with E-state index in [2.05, 4.69) is 15.6 Å². The molecular formula is C21H26F2N6O5S. The Labute approximate surface area is 204 Å². The molecule has 1 fully saturated rings. The standard InChI is InChI=1S/C21H26F2N6O5S/c1-4-27(6-7-29(33-3)20(31)26-19-24-5-8-35-19)18-16(22)9-14(10-17(18)23)28-12-15(34-21(28)32)11-25-13(2)30/h5,8-10,15H,4,6-7,11-12H2,1-3H3,(H,25,30)(H,24,26,31)/t15-/m0/s1. The maximum atomic E-state index is 15.0. The number of nitrogens with zero attached hydrogens (tertiary/aromatic N) is 4. The number of urea groups is 1. The number of anilines is 3. The van der Waals surface area contributed by atoms with Gasteiger partial charge in [-0.1, -0.05) is 0 Å². The highest BCUT2D eigenvalue weighted by Crippen LogP contribution is 2.31. The maximum absolute atomic E-state index is 15.0. The summed E-state index contributed by atoms with van der Waals surface area (Å²) in [6.45, 7) is 3.48. The summed E-state index contributed by atoms with van der Waals surface area (Å²) in [5, 5.41) is 8.21. The van der Waals surface area contributed by atoms with Crippen LogP contribution in [0.5, 0.6) is 0 Å². The summed E-state index contributed by atoms with van der Waals surface area (Å²) in [5.74, 6) is -2.04. The monoisotopic (exact) mass is 512 g/mol. The first kappa shape index (κ1) is 26.1. The van der Waals surface area contributed by atoms with Crippen molar-refractivity contribution in [3.8, 4) is 0 Å². The molecule has 2 aromatic rings. The van der Waals surface area contributed by atoms with Gasteiger partial charge in [0, 0.05) is 43.7 Å². The van der Waals surface area contributed by atoms with Crippen LogP contribution in [0.3, 0.4) is 0 Å². The summed E-state index contributed by atoms with van der Waals surface area (Å²) >= 11 is 1.23. The summed E-state index contributed by atoms with van der Waals surface area (Å²) in [6.07, 6.45) is 0.136. The van der Waals surface area contributed by atoms with Gasteiger partial charge in [-0.3, -0.25) is 19.8 Å². The Kier molecular flexibility index (Phi) is 8.76. The number of aromatic nitrogens is 1. The zero-order chi connectivity index (χ0) is 25.5. The summed E-state index contributed by atoms with van der Waals surface area (Å²) in [6, 6.07) is 1.52. The second-order valence-electron chi connectivity index (χ2n) is 7.44. The van der Waals surface area contributed by atoms with Crippen molar-refractivity contribution in [2.75, 3.05) is 55.0 Å². The average Bonchev–Trinajstić information content (AvgIpc) is 3.45. The minimum absolute atomic E-state index is 0.00327. The number of cyclic esters (lactones) is 1. The average molecular weight is 513 g/mol. The topological polar surface area (TPSA) is 116 Å². The fourth-order valence-electron chi connectivity index (χ4n) is 3.46. The van der Waals surface area contributed by atoms with Crippen molar-refractivity contribution < 1.29 is 32.7 Å². The first-order chi connectivity index (χ1) is 16.7. The van der Waals surface area contributed by atoms with Crippen LogP contribution in [0.4, 0.5) is 34.9 Å². The molecule has 11 nitrogen and oxygen atoms in total. The molecule has 3 rings (SSSR count). The van der Waals surface area contributed by atoms with Crippen LogP contribution in [0.2, 0.25) is 0 Å². The Morgan fingerprint density at radius 1 is 1.31 bits per heavy atom. The number of ether oxygens (including phenoxy) is 1. The molecular weight excluding hydrogens is 486 g/mol. The molecule has 0 radical (unpaired) electrons. The number of halogens is 2. The maximum Gasteiger partial charge on any atom is 0.414 e. The molecule has 0 saturated carbocycles. The van der Waals surface area contributed by atoms with Crippen molar-refractivity contribution in [2.24, 2.45) is 0 Å². The van der Waals surface area contributed by atoms with E-state index in [0.29, 0.717) is 5.13 Å². The molecule has 1 aromatic carbocycles. The quantitative estimate of drug-likeness (QED) is 0.470. The van der Waals surface area contributed by atoms with E-state index in [0.717, 1.165) is 22.1 Å². The number of carbonyl (C=O) groups excluding carboxylic acids is 3. The predicted octanol–water partition coefficient (Wildman–Crippen LogP) is 2.80. The van der Waals surface area contributed by atoms with Gasteiger partial charge in [-0.25, -0.2) is 28.4 Å². The summed E-state index contributed by atoms with van der Waals surface area (Å²) in [4.78, 5) is 47.2. The van der Waals surface area contributed by atoms with E-state index in [9.17, 15) is 14.4 Å². The van der Waals surface area contributed by atoms with Crippen LogP contribution >= 0.6 is 11.3 Å². The fraction of sp³-hybridized carbons (Fsp3) is 0.429. The van der Waals surface area contributed by atoms with E-state index >= 15 is 8.78 Å². The highest BCUT2D eigenvalue weighted by molar-refractivity contribution is 7.13. The molecule has 14 heteroatoms. The SMILES string of the molecule is CCN(CCN(OC)C(=O)Nc1nccs1)c1c(F)cc(N2C[C@H](CNC(C)=O)OC2=O)cc1F. The molecule has 0 spiro atoms. The van der Waals surface area contributed by atoms with Crippen LogP contribution in [0.15, 0.2) is 23.7 Å². The zero-order valence-electron chi connectivity index (χ0n) is 19.4. The largest absolute Gasteiger partial charge is 0.442 e. The highest BCUT2D eigenvalue weighted by atomic mass is 32.1. The van der Waals surface area contributed by atoms with Crippen molar-refractivity contribution in [2.45, 2.75) is 20.0 Å². The van der Waals surface area contributed by atoms with Crippen LogP contribution in [0.25, 0.3) is 0 Å². The smallest absolute Gasteiger partial charge is 0.414 e. The van der Waals surface area contributed by atoms with Crippen molar-refractivity contribution >= 4 is 45.9 Å². The number of nitrogens with one attached hydrogen (secondary N) is 2. The second kappa shape index (κ2) is 11.8. The molecule has 2 heterocycles. The number of hydrogen-bond acceptors (Lipinski definition) is 8. The van der Waals surface area contributed by atoms with Crippen LogP contribution in [-0.4, -0.2) is 74.0 Å². The van der Waals surface area contributed by atoms with Gasteiger partial charge in [-0.05, 0) is 6.92 Å². The molecule has 1 saturated heterocycles. The number of hydrogen-bond donors (Lipinski definition) is 2. The third-order valence-corrected chi connectivity index (χ3v) is 5.82. The van der Waals surface area contributed by atoms with Gasteiger partial charge in [-0.15, -0.1) is 11.3 Å². The van der Waals surface area contributed by atoms with Gasteiger partial charge >= 0.3 is 12.1 Å². The first-order valence-corrected chi connectivity index (χ1v) is 11.6. The normalized spacial score (nSPS) is 15.1. The lowest BCUT2D eigenvalue weighted by atomic mass is 10.2. The Morgan fingerprint density at radius 2 is 2.03 bits per heavy atom. The van der Waals surface area contributed by atoms with Crippen LogP contribution < -0.4 is 20.4 Å². The molecule has 0 aliphatic carbocycles. The van der Waals surface area contributed by atoms with Gasteiger partial charge in [-0.2, -0.15) is 0 Å². The number of hydroxylamine groups is 2. The lowest BCUT2D eigenvalue weighted by Gasteiger charge is -2.28. The van der Waals surface area contributed by atoms with Gasteiger partial charge < -0.3 is 15.0 Å². The molecule has 1 aromatic heterocycles. The molecule has 0 unspecified atom stereocenters. The van der Waals surface area contributed by atoms with Gasteiger partial charge in [0.1, 0.15) is 11.8 Å². The minimum Gasteiger partial charge on any atom is -0.442 e. The Bertz CT molecular complexity index is 1030. The molecule has 190 valence electrons. The Balaban J connectivity index is 1.68. The Hall–Kier alpha value is -3.52. The number of likely N-dealkylation sites (N-methyl/N-ethyl adjacent to an activating group) is 1. The summed E-state index contributed by atoms with van der Waals surface area (Å²) in [5.41, 5.74) is -0.300. The fourth-order valence-corrected chi connectivity index (χ4v) is 3.98. The number of carbonyl (C=O) groups is 3. The van der Waals surface area contributed by atoms with Gasteiger partial charge in [0.05, 0.1) is 32.4 Å². The number of rotatable bonds is 10. The molecule has 35 heavy (non-hydrogen) atoms. The first-order valence-electron chi connectivity index (χ1n) is 10.7. The van der Waals surface area contributed by atoms with Crippen molar-refractivity contribution in [3.63, 3.8) is 0 Å². The van der Waals surface area contributed by atoms with E-state index in [1.165, 1.54) is 36.5 Å². The molecule has 1 aliphatic rings. The van der Waals surface area contributed by atoms with Crippen molar-refractivity contribution in [1.29, 1.82) is 0 Å². The minimum atomic E-state index is -0.879. The summed E-state index contributed by atoms with van der Waals surface area (Å²) < 4.78 is 35.2. The molecule has 0 bridgehead atoms. The van der Waals surface area contributed by atoms with E-state index in [-0.39, 0.29) is 50.0 Å².